The third-order valence-corrected chi connectivity index (χ3v) is 3.04. The number of pyridine rings is 1. The monoisotopic (exact) mass is 254 g/mol. The summed E-state index contributed by atoms with van der Waals surface area (Å²) in [6.07, 6.45) is 1.73. The van der Waals surface area contributed by atoms with Gasteiger partial charge in [0, 0.05) is 6.20 Å². The topological polar surface area (TPSA) is 87.8 Å². The van der Waals surface area contributed by atoms with Crippen molar-refractivity contribution in [2.24, 2.45) is 5.73 Å². The quantitative estimate of drug-likeness (QED) is 0.662. The van der Waals surface area contributed by atoms with Crippen LogP contribution in [-0.2, 0) is 0 Å². The molecule has 1 aromatic carbocycles. The third-order valence-electron chi connectivity index (χ3n) is 3.04. The van der Waals surface area contributed by atoms with E-state index in [2.05, 4.69) is 15.0 Å². The first-order valence-corrected chi connectivity index (χ1v) is 6.05. The molecule has 19 heavy (non-hydrogen) atoms. The highest BCUT2D eigenvalue weighted by Gasteiger charge is 2.09. The molecule has 3 rings (SSSR count). The van der Waals surface area contributed by atoms with Gasteiger partial charge in [-0.2, -0.15) is 0 Å². The van der Waals surface area contributed by atoms with Crippen molar-refractivity contribution >= 4 is 11.0 Å². The van der Waals surface area contributed by atoms with Crippen molar-refractivity contribution in [3.63, 3.8) is 0 Å². The maximum Gasteiger partial charge on any atom is 0.157 e. The molecule has 4 N–H and O–H groups in total. The molecule has 5 heteroatoms. The summed E-state index contributed by atoms with van der Waals surface area (Å²) in [6, 6.07) is 11.0. The maximum atomic E-state index is 9.08. The number of aromatic nitrogens is 3. The van der Waals surface area contributed by atoms with Crippen LogP contribution in [0.15, 0.2) is 42.6 Å². The minimum absolute atomic E-state index is 0.0766. The number of fused-ring (bicyclic) bond motifs is 1. The van der Waals surface area contributed by atoms with Gasteiger partial charge in [-0.05, 0) is 29.8 Å². The Labute approximate surface area is 110 Å². The smallest absolute Gasteiger partial charge is 0.157 e. The fraction of sp³-hybridized carbons (Fsp3) is 0.143. The summed E-state index contributed by atoms with van der Waals surface area (Å²) in [5.41, 5.74) is 9.23. The molecular weight excluding hydrogens is 240 g/mol. The van der Waals surface area contributed by atoms with Gasteiger partial charge < -0.3 is 15.8 Å². The second kappa shape index (κ2) is 4.79. The molecular formula is C14H14N4O. The maximum absolute atomic E-state index is 9.08. The highest BCUT2D eigenvalue weighted by atomic mass is 16.3. The number of nitrogens with zero attached hydrogens (tertiary/aromatic N) is 2. The minimum Gasteiger partial charge on any atom is -0.394 e. The molecule has 2 aromatic heterocycles. The molecule has 1 atom stereocenters. The first-order chi connectivity index (χ1) is 9.28. The summed E-state index contributed by atoms with van der Waals surface area (Å²) >= 11 is 0. The number of nitrogens with two attached hydrogens (primary N) is 1. The standard InChI is InChI=1S/C14H14N4O/c15-10(8-19)9-4-5-11-13(7-9)18-14(17-11)12-3-1-2-6-16-12/h1-7,10,19H,8,15H2,(H,17,18). The highest BCUT2D eigenvalue weighted by molar-refractivity contribution is 5.79. The molecule has 0 aliphatic rings. The van der Waals surface area contributed by atoms with E-state index in [4.69, 9.17) is 10.8 Å². The largest absolute Gasteiger partial charge is 0.394 e. The molecule has 1 unspecified atom stereocenters. The van der Waals surface area contributed by atoms with E-state index in [-0.39, 0.29) is 12.6 Å². The second-order valence-electron chi connectivity index (χ2n) is 4.37. The zero-order chi connectivity index (χ0) is 13.2. The Kier molecular flexibility index (Phi) is 2.98. The SMILES string of the molecule is NC(CO)c1ccc2nc(-c3ccccn3)[nH]c2c1. The molecule has 0 bridgehead atoms. The lowest BCUT2D eigenvalue weighted by Crippen LogP contribution is -2.14. The van der Waals surface area contributed by atoms with Gasteiger partial charge in [-0.15, -0.1) is 0 Å². The fourth-order valence-corrected chi connectivity index (χ4v) is 1.99. The van der Waals surface area contributed by atoms with Crippen molar-refractivity contribution in [3.05, 3.63) is 48.2 Å². The number of hydrogen-bond acceptors (Lipinski definition) is 4. The van der Waals surface area contributed by atoms with E-state index in [0.29, 0.717) is 0 Å². The van der Waals surface area contributed by atoms with Crippen molar-refractivity contribution in [2.45, 2.75) is 6.04 Å². The van der Waals surface area contributed by atoms with Crippen molar-refractivity contribution in [2.75, 3.05) is 6.61 Å². The number of imidazole rings is 1. The average molecular weight is 254 g/mol. The average Bonchev–Trinajstić information content (AvgIpc) is 2.90. The molecule has 0 fully saturated rings. The Balaban J connectivity index is 2.06. The summed E-state index contributed by atoms with van der Waals surface area (Å²) in [6.45, 7) is -0.0766. The van der Waals surface area contributed by atoms with Crippen LogP contribution in [0.3, 0.4) is 0 Å². The number of rotatable bonds is 3. The zero-order valence-corrected chi connectivity index (χ0v) is 10.2. The predicted molar refractivity (Wildman–Crippen MR) is 73.3 cm³/mol. The molecule has 0 saturated heterocycles. The van der Waals surface area contributed by atoms with E-state index < -0.39 is 0 Å². The molecule has 5 nitrogen and oxygen atoms in total. The number of hydrogen-bond donors (Lipinski definition) is 3. The van der Waals surface area contributed by atoms with Gasteiger partial charge in [0.15, 0.2) is 5.82 Å². The normalized spacial score (nSPS) is 12.7. The molecule has 0 saturated carbocycles. The highest BCUT2D eigenvalue weighted by Crippen LogP contribution is 2.21. The number of H-pyrrole nitrogens is 1. The summed E-state index contributed by atoms with van der Waals surface area (Å²) in [7, 11) is 0. The van der Waals surface area contributed by atoms with Gasteiger partial charge in [0.25, 0.3) is 0 Å². The number of benzene rings is 1. The number of nitrogens with one attached hydrogen (secondary N) is 1. The molecule has 0 spiro atoms. The lowest BCUT2D eigenvalue weighted by atomic mass is 10.1. The van der Waals surface area contributed by atoms with Gasteiger partial charge in [0.1, 0.15) is 5.69 Å². The molecule has 96 valence electrons. The van der Waals surface area contributed by atoms with Crippen molar-refractivity contribution < 1.29 is 5.11 Å². The number of aliphatic hydroxyl groups excluding tert-OH is 1. The Bertz CT molecular complexity index is 693. The van der Waals surface area contributed by atoms with E-state index in [1.165, 1.54) is 0 Å². The number of aliphatic hydroxyl groups is 1. The van der Waals surface area contributed by atoms with Crippen LogP contribution >= 0.6 is 0 Å². The van der Waals surface area contributed by atoms with Gasteiger partial charge in [0.2, 0.25) is 0 Å². The van der Waals surface area contributed by atoms with Crippen molar-refractivity contribution in [1.29, 1.82) is 0 Å². The Morgan fingerprint density at radius 3 is 2.89 bits per heavy atom. The van der Waals surface area contributed by atoms with Crippen LogP contribution < -0.4 is 5.73 Å². The lowest BCUT2D eigenvalue weighted by Gasteiger charge is -2.07. The first-order valence-electron chi connectivity index (χ1n) is 6.05. The van der Waals surface area contributed by atoms with E-state index in [1.54, 1.807) is 6.20 Å². The zero-order valence-electron chi connectivity index (χ0n) is 10.2. The molecule has 0 radical (unpaired) electrons. The van der Waals surface area contributed by atoms with Crippen LogP contribution in [0.25, 0.3) is 22.6 Å². The molecule has 0 aliphatic carbocycles. The molecule has 2 heterocycles. The van der Waals surface area contributed by atoms with E-state index in [1.807, 2.05) is 36.4 Å². The molecule has 0 amide bonds. The first kappa shape index (κ1) is 11.8. The van der Waals surface area contributed by atoms with Gasteiger partial charge in [0.05, 0.1) is 23.7 Å². The number of aromatic amines is 1. The van der Waals surface area contributed by atoms with Gasteiger partial charge >= 0.3 is 0 Å². The van der Waals surface area contributed by atoms with Crippen LogP contribution in [0, 0.1) is 0 Å². The Hall–Kier alpha value is -2.24. The summed E-state index contributed by atoms with van der Waals surface area (Å²) in [5.74, 6) is 0.727. The van der Waals surface area contributed by atoms with E-state index in [9.17, 15) is 0 Å². The van der Waals surface area contributed by atoms with Crippen molar-refractivity contribution in [1.82, 2.24) is 15.0 Å². The molecule has 0 aliphatic heterocycles. The van der Waals surface area contributed by atoms with E-state index >= 15 is 0 Å². The summed E-state index contributed by atoms with van der Waals surface area (Å²) in [5, 5.41) is 9.08. The third kappa shape index (κ3) is 2.21. The van der Waals surface area contributed by atoms with Gasteiger partial charge in [-0.1, -0.05) is 12.1 Å². The van der Waals surface area contributed by atoms with E-state index in [0.717, 1.165) is 28.1 Å². The van der Waals surface area contributed by atoms with Crippen LogP contribution in [-0.4, -0.2) is 26.7 Å². The van der Waals surface area contributed by atoms with Crippen LogP contribution in [0.2, 0.25) is 0 Å². The molecule has 3 aromatic rings. The summed E-state index contributed by atoms with van der Waals surface area (Å²) in [4.78, 5) is 12.0. The van der Waals surface area contributed by atoms with Gasteiger partial charge in [-0.3, -0.25) is 4.98 Å². The van der Waals surface area contributed by atoms with Crippen molar-refractivity contribution in [3.8, 4) is 11.5 Å². The Morgan fingerprint density at radius 2 is 2.16 bits per heavy atom. The predicted octanol–water partition coefficient (Wildman–Crippen LogP) is 1.62. The van der Waals surface area contributed by atoms with Crippen LogP contribution in [0.4, 0.5) is 0 Å². The minimum atomic E-state index is -0.369. The van der Waals surface area contributed by atoms with Gasteiger partial charge in [-0.25, -0.2) is 4.98 Å². The summed E-state index contributed by atoms with van der Waals surface area (Å²) < 4.78 is 0. The Morgan fingerprint density at radius 1 is 1.26 bits per heavy atom. The van der Waals surface area contributed by atoms with Crippen LogP contribution in [0.1, 0.15) is 11.6 Å². The lowest BCUT2D eigenvalue weighted by molar-refractivity contribution is 0.268. The second-order valence-corrected chi connectivity index (χ2v) is 4.37. The fourth-order valence-electron chi connectivity index (χ4n) is 1.99. The van der Waals surface area contributed by atoms with Crippen LogP contribution in [0.5, 0.6) is 0 Å².